The Labute approximate surface area is 141 Å². The lowest BCUT2D eigenvalue weighted by Crippen LogP contribution is -2.45. The number of aromatic amines is 1. The SMILES string of the molecule is Cl.Cl.O=C(N[C@H]1CCCNC1)c1cn[nH]c1-c1ccncc1. The maximum Gasteiger partial charge on any atom is 0.255 e. The molecule has 2 aromatic rings. The number of nitrogens with one attached hydrogen (secondary N) is 3. The van der Waals surface area contributed by atoms with Crippen LogP contribution in [0.15, 0.2) is 30.7 Å². The van der Waals surface area contributed by atoms with Gasteiger partial charge in [-0.15, -0.1) is 24.8 Å². The second-order valence-corrected chi connectivity index (χ2v) is 4.91. The normalized spacial score (nSPS) is 17.0. The molecule has 3 N–H and O–H groups in total. The zero-order chi connectivity index (χ0) is 13.8. The van der Waals surface area contributed by atoms with Gasteiger partial charge < -0.3 is 10.6 Å². The smallest absolute Gasteiger partial charge is 0.255 e. The van der Waals surface area contributed by atoms with Crippen LogP contribution in [0.3, 0.4) is 0 Å². The van der Waals surface area contributed by atoms with Crippen molar-refractivity contribution in [3.8, 4) is 11.3 Å². The van der Waals surface area contributed by atoms with Gasteiger partial charge in [0.25, 0.3) is 5.91 Å². The summed E-state index contributed by atoms with van der Waals surface area (Å²) in [6.07, 6.45) is 7.07. The van der Waals surface area contributed by atoms with Crippen molar-refractivity contribution in [2.24, 2.45) is 0 Å². The number of nitrogens with zero attached hydrogens (tertiary/aromatic N) is 2. The molecule has 1 aliphatic rings. The first kappa shape index (κ1) is 18.4. The van der Waals surface area contributed by atoms with Crippen molar-refractivity contribution in [3.63, 3.8) is 0 Å². The van der Waals surface area contributed by atoms with E-state index in [0.717, 1.165) is 37.2 Å². The summed E-state index contributed by atoms with van der Waals surface area (Å²) in [4.78, 5) is 16.3. The fraction of sp³-hybridized carbons (Fsp3) is 0.357. The number of H-pyrrole nitrogens is 1. The third kappa shape index (κ3) is 4.19. The van der Waals surface area contributed by atoms with Gasteiger partial charge in [-0.3, -0.25) is 14.9 Å². The van der Waals surface area contributed by atoms with Crippen molar-refractivity contribution in [2.45, 2.75) is 18.9 Å². The minimum atomic E-state index is -0.0840. The molecule has 2 aromatic heterocycles. The largest absolute Gasteiger partial charge is 0.348 e. The van der Waals surface area contributed by atoms with E-state index in [-0.39, 0.29) is 36.8 Å². The number of amides is 1. The van der Waals surface area contributed by atoms with Crippen molar-refractivity contribution < 1.29 is 4.79 Å². The molecule has 0 aliphatic carbocycles. The van der Waals surface area contributed by atoms with Crippen LogP contribution in [0.2, 0.25) is 0 Å². The first-order valence-corrected chi connectivity index (χ1v) is 6.80. The molecule has 0 unspecified atom stereocenters. The van der Waals surface area contributed by atoms with Crippen molar-refractivity contribution in [2.75, 3.05) is 13.1 Å². The van der Waals surface area contributed by atoms with E-state index in [9.17, 15) is 4.79 Å². The van der Waals surface area contributed by atoms with Crippen LogP contribution in [0.4, 0.5) is 0 Å². The van der Waals surface area contributed by atoms with E-state index in [1.165, 1.54) is 0 Å². The molecule has 22 heavy (non-hydrogen) atoms. The van der Waals surface area contributed by atoms with E-state index in [0.29, 0.717) is 5.56 Å². The maximum absolute atomic E-state index is 12.4. The van der Waals surface area contributed by atoms with Gasteiger partial charge in [-0.25, -0.2) is 0 Å². The fourth-order valence-electron chi connectivity index (χ4n) is 2.44. The van der Waals surface area contributed by atoms with E-state index >= 15 is 0 Å². The molecule has 120 valence electrons. The first-order valence-electron chi connectivity index (χ1n) is 6.80. The Morgan fingerprint density at radius 2 is 2.05 bits per heavy atom. The second kappa shape index (κ2) is 8.73. The predicted molar refractivity (Wildman–Crippen MR) is 89.7 cm³/mol. The summed E-state index contributed by atoms with van der Waals surface area (Å²) >= 11 is 0. The molecule has 0 bridgehead atoms. The second-order valence-electron chi connectivity index (χ2n) is 4.91. The lowest BCUT2D eigenvalue weighted by atomic mass is 10.1. The van der Waals surface area contributed by atoms with E-state index in [2.05, 4.69) is 25.8 Å². The highest BCUT2D eigenvalue weighted by atomic mass is 35.5. The van der Waals surface area contributed by atoms with Crippen LogP contribution in [-0.2, 0) is 0 Å². The number of rotatable bonds is 3. The van der Waals surface area contributed by atoms with Gasteiger partial charge in [0.2, 0.25) is 0 Å². The standard InChI is InChI=1S/C14H17N5O.2ClH/c20-14(18-11-2-1-5-16-8-11)12-9-17-19-13(12)10-3-6-15-7-4-10;;/h3-4,6-7,9,11,16H,1-2,5,8H2,(H,17,19)(H,18,20);2*1H/t11-;;/m0../s1. The zero-order valence-electron chi connectivity index (χ0n) is 11.9. The molecule has 1 amide bonds. The third-order valence-corrected chi connectivity index (χ3v) is 3.49. The average Bonchev–Trinajstić information content (AvgIpc) is 2.99. The summed E-state index contributed by atoms with van der Waals surface area (Å²) in [5.41, 5.74) is 2.21. The van der Waals surface area contributed by atoms with Crippen LogP contribution in [0.5, 0.6) is 0 Å². The molecule has 0 saturated carbocycles. The number of hydrogen-bond donors (Lipinski definition) is 3. The summed E-state index contributed by atoms with van der Waals surface area (Å²) in [6, 6.07) is 3.90. The van der Waals surface area contributed by atoms with Crippen LogP contribution >= 0.6 is 24.8 Å². The molecule has 0 radical (unpaired) electrons. The van der Waals surface area contributed by atoms with Gasteiger partial charge in [0.05, 0.1) is 17.5 Å². The molecule has 1 atom stereocenters. The van der Waals surface area contributed by atoms with Crippen molar-refractivity contribution in [1.82, 2.24) is 25.8 Å². The van der Waals surface area contributed by atoms with Gasteiger partial charge in [0.15, 0.2) is 0 Å². The number of carbonyl (C=O) groups excluding carboxylic acids is 1. The predicted octanol–water partition coefficient (Wildman–Crippen LogP) is 1.80. The molecule has 0 spiro atoms. The minimum absolute atomic E-state index is 0. The van der Waals surface area contributed by atoms with Gasteiger partial charge in [-0.05, 0) is 31.5 Å². The minimum Gasteiger partial charge on any atom is -0.348 e. The summed E-state index contributed by atoms with van der Waals surface area (Å²) in [5, 5.41) is 13.2. The molecule has 3 rings (SSSR count). The van der Waals surface area contributed by atoms with Gasteiger partial charge in [0, 0.05) is 30.5 Å². The van der Waals surface area contributed by atoms with E-state index in [4.69, 9.17) is 0 Å². The topological polar surface area (TPSA) is 82.7 Å². The molecular formula is C14H19Cl2N5O. The van der Waals surface area contributed by atoms with E-state index in [1.807, 2.05) is 12.1 Å². The summed E-state index contributed by atoms with van der Waals surface area (Å²) in [6.45, 7) is 1.86. The molecule has 0 aromatic carbocycles. The van der Waals surface area contributed by atoms with Gasteiger partial charge in [0.1, 0.15) is 0 Å². The number of hydrogen-bond acceptors (Lipinski definition) is 4. The monoisotopic (exact) mass is 343 g/mol. The third-order valence-electron chi connectivity index (χ3n) is 3.49. The maximum atomic E-state index is 12.4. The summed E-state index contributed by atoms with van der Waals surface area (Å²) in [7, 11) is 0. The van der Waals surface area contributed by atoms with Crippen LogP contribution < -0.4 is 10.6 Å². The van der Waals surface area contributed by atoms with Gasteiger partial charge >= 0.3 is 0 Å². The Bertz CT molecular complexity index is 584. The number of halogens is 2. The molecule has 3 heterocycles. The highest BCUT2D eigenvalue weighted by Gasteiger charge is 2.20. The van der Waals surface area contributed by atoms with E-state index < -0.39 is 0 Å². The van der Waals surface area contributed by atoms with Gasteiger partial charge in [-0.2, -0.15) is 5.10 Å². The molecule has 1 aliphatic heterocycles. The van der Waals surface area contributed by atoms with E-state index in [1.54, 1.807) is 18.6 Å². The summed E-state index contributed by atoms with van der Waals surface area (Å²) in [5.74, 6) is -0.0840. The molecule has 1 fully saturated rings. The first-order chi connectivity index (χ1) is 9.84. The number of piperidine rings is 1. The Morgan fingerprint density at radius 1 is 1.27 bits per heavy atom. The van der Waals surface area contributed by atoms with Crippen molar-refractivity contribution in [3.05, 3.63) is 36.3 Å². The highest BCUT2D eigenvalue weighted by molar-refractivity contribution is 5.99. The van der Waals surface area contributed by atoms with Crippen LogP contribution in [-0.4, -0.2) is 40.2 Å². The number of aromatic nitrogens is 3. The average molecular weight is 344 g/mol. The van der Waals surface area contributed by atoms with Gasteiger partial charge in [-0.1, -0.05) is 0 Å². The lowest BCUT2D eigenvalue weighted by Gasteiger charge is -2.23. The van der Waals surface area contributed by atoms with Crippen molar-refractivity contribution >= 4 is 30.7 Å². The fourth-order valence-corrected chi connectivity index (χ4v) is 2.44. The number of pyridine rings is 1. The van der Waals surface area contributed by atoms with Crippen LogP contribution in [0, 0.1) is 0 Å². The Kier molecular flexibility index (Phi) is 7.31. The van der Waals surface area contributed by atoms with Crippen LogP contribution in [0.1, 0.15) is 23.2 Å². The van der Waals surface area contributed by atoms with Crippen molar-refractivity contribution in [1.29, 1.82) is 0 Å². The summed E-state index contributed by atoms with van der Waals surface area (Å²) < 4.78 is 0. The zero-order valence-corrected chi connectivity index (χ0v) is 13.5. The molecule has 8 heteroatoms. The highest BCUT2D eigenvalue weighted by Crippen LogP contribution is 2.20. The molecule has 6 nitrogen and oxygen atoms in total. The Morgan fingerprint density at radius 3 is 2.73 bits per heavy atom. The Hall–Kier alpha value is -1.63. The Balaban J connectivity index is 0.00000121. The quantitative estimate of drug-likeness (QED) is 0.793. The van der Waals surface area contributed by atoms with Crippen LogP contribution in [0.25, 0.3) is 11.3 Å². The molecule has 1 saturated heterocycles. The lowest BCUT2D eigenvalue weighted by molar-refractivity contribution is 0.0931. The number of carbonyl (C=O) groups is 1. The molecular weight excluding hydrogens is 325 g/mol.